The Bertz CT molecular complexity index is 1080. The van der Waals surface area contributed by atoms with Crippen LogP contribution in [0.3, 0.4) is 0 Å². The van der Waals surface area contributed by atoms with Crippen molar-refractivity contribution in [1.82, 2.24) is 34.3 Å². The van der Waals surface area contributed by atoms with Crippen LogP contribution in [-0.2, 0) is 19.1 Å². The molecular weight excluding hydrogens is 385 g/mol. The van der Waals surface area contributed by atoms with Crippen LogP contribution in [0.15, 0.2) is 36.5 Å². The second-order valence-corrected chi connectivity index (χ2v) is 8.31. The zero-order valence-corrected chi connectivity index (χ0v) is 17.1. The Hall–Kier alpha value is -3.07. The van der Waals surface area contributed by atoms with Gasteiger partial charge in [0.2, 0.25) is 0 Å². The van der Waals surface area contributed by atoms with Gasteiger partial charge in [0.25, 0.3) is 5.91 Å². The van der Waals surface area contributed by atoms with Gasteiger partial charge >= 0.3 is 0 Å². The Morgan fingerprint density at radius 3 is 2.47 bits per heavy atom. The highest BCUT2D eigenvalue weighted by atomic mass is 19.1. The van der Waals surface area contributed by atoms with Crippen molar-refractivity contribution in [2.24, 2.45) is 7.05 Å². The molecule has 2 aromatic heterocycles. The number of hydrogen-bond acceptors (Lipinski definition) is 5. The summed E-state index contributed by atoms with van der Waals surface area (Å²) >= 11 is 0. The summed E-state index contributed by atoms with van der Waals surface area (Å²) < 4.78 is 17.3. The van der Waals surface area contributed by atoms with Crippen molar-refractivity contribution in [3.63, 3.8) is 0 Å². The normalized spacial score (nSPS) is 18.6. The van der Waals surface area contributed by atoms with E-state index < -0.39 is 0 Å². The van der Waals surface area contributed by atoms with Gasteiger partial charge in [-0.25, -0.2) is 4.39 Å². The number of halogens is 1. The van der Waals surface area contributed by atoms with Gasteiger partial charge < -0.3 is 9.47 Å². The molecule has 156 valence electrons. The molecule has 1 fully saturated rings. The van der Waals surface area contributed by atoms with E-state index in [1.807, 2.05) is 4.90 Å². The van der Waals surface area contributed by atoms with Gasteiger partial charge in [-0.1, -0.05) is 0 Å². The van der Waals surface area contributed by atoms with Crippen molar-refractivity contribution in [3.05, 3.63) is 53.9 Å². The average Bonchev–Trinajstić information content (AvgIpc) is 3.35. The van der Waals surface area contributed by atoms with E-state index in [0.717, 1.165) is 36.6 Å². The fourth-order valence-electron chi connectivity index (χ4n) is 4.83. The number of carbonyl (C=O) groups excluding carboxylic acids is 1. The second kappa shape index (κ2) is 7.02. The number of likely N-dealkylation sites (tertiary alicyclic amines) is 1. The van der Waals surface area contributed by atoms with Gasteiger partial charge in [-0.15, -0.1) is 10.2 Å². The average molecular weight is 409 g/mol. The van der Waals surface area contributed by atoms with E-state index in [1.165, 1.54) is 12.1 Å². The first-order valence-corrected chi connectivity index (χ1v) is 10.1. The van der Waals surface area contributed by atoms with Crippen LogP contribution in [0.1, 0.15) is 29.2 Å². The molecule has 2 aliphatic rings. The third-order valence-corrected chi connectivity index (χ3v) is 6.30. The number of likely N-dealkylation sites (N-methyl/N-ethyl adjacent to an activating group) is 1. The molecule has 1 amide bonds. The second-order valence-electron chi connectivity index (χ2n) is 8.31. The van der Waals surface area contributed by atoms with Gasteiger partial charge in [0.05, 0.1) is 12.1 Å². The lowest BCUT2D eigenvalue weighted by Gasteiger charge is -2.48. The topological polar surface area (TPSA) is 72.1 Å². The largest absolute Gasteiger partial charge is 0.337 e. The van der Waals surface area contributed by atoms with Gasteiger partial charge in [0.1, 0.15) is 17.3 Å². The van der Waals surface area contributed by atoms with Gasteiger partial charge in [0, 0.05) is 38.4 Å². The molecule has 0 unspecified atom stereocenters. The quantitative estimate of drug-likeness (QED) is 0.647. The molecule has 0 radical (unpaired) electrons. The fourth-order valence-corrected chi connectivity index (χ4v) is 4.83. The SMILES string of the molecule is CN1Cc2nnc(-c3ccc(F)cc3)n2C2(CCN(C(=O)c3ccnn3C)CC2)C1. The van der Waals surface area contributed by atoms with E-state index in [2.05, 4.69) is 31.8 Å². The van der Waals surface area contributed by atoms with Crippen LogP contribution in [0.2, 0.25) is 0 Å². The predicted octanol–water partition coefficient (Wildman–Crippen LogP) is 1.89. The van der Waals surface area contributed by atoms with Crippen molar-refractivity contribution < 1.29 is 9.18 Å². The van der Waals surface area contributed by atoms with Crippen molar-refractivity contribution in [1.29, 1.82) is 0 Å². The maximum Gasteiger partial charge on any atom is 0.272 e. The third-order valence-electron chi connectivity index (χ3n) is 6.30. The Balaban J connectivity index is 1.46. The minimum absolute atomic E-state index is 0.0109. The standard InChI is InChI=1S/C21H24FN7O/c1-26-13-18-24-25-19(15-3-5-16(22)6-4-15)29(18)21(14-26)8-11-28(12-9-21)20(30)17-7-10-23-27(17)2/h3-7,10H,8-9,11-14H2,1-2H3. The first-order chi connectivity index (χ1) is 14.5. The molecule has 30 heavy (non-hydrogen) atoms. The third kappa shape index (κ3) is 3.00. The highest BCUT2D eigenvalue weighted by Gasteiger charge is 2.44. The van der Waals surface area contributed by atoms with Crippen LogP contribution in [0.25, 0.3) is 11.4 Å². The molecule has 0 bridgehead atoms. The van der Waals surface area contributed by atoms with Gasteiger partial charge in [-0.3, -0.25) is 14.4 Å². The first-order valence-electron chi connectivity index (χ1n) is 10.1. The van der Waals surface area contributed by atoms with E-state index in [1.54, 1.807) is 36.1 Å². The molecule has 1 aromatic carbocycles. The number of amides is 1. The smallest absolute Gasteiger partial charge is 0.272 e. The minimum Gasteiger partial charge on any atom is -0.337 e. The van der Waals surface area contributed by atoms with Crippen LogP contribution >= 0.6 is 0 Å². The zero-order chi connectivity index (χ0) is 20.9. The highest BCUT2D eigenvalue weighted by molar-refractivity contribution is 5.92. The lowest BCUT2D eigenvalue weighted by atomic mass is 9.84. The summed E-state index contributed by atoms with van der Waals surface area (Å²) in [6.07, 6.45) is 3.26. The number of fused-ring (bicyclic) bond motifs is 2. The molecular formula is C21H24FN7O. The summed E-state index contributed by atoms with van der Waals surface area (Å²) in [4.78, 5) is 17.1. The fraction of sp³-hybridized carbons (Fsp3) is 0.429. The maximum absolute atomic E-state index is 13.4. The summed E-state index contributed by atoms with van der Waals surface area (Å²) in [5.74, 6) is 1.42. The van der Waals surface area contributed by atoms with Gasteiger partial charge in [0.15, 0.2) is 5.82 Å². The van der Waals surface area contributed by atoms with Crippen molar-refractivity contribution in [2.45, 2.75) is 24.9 Å². The Labute approximate surface area is 173 Å². The lowest BCUT2D eigenvalue weighted by Crippen LogP contribution is -2.56. The van der Waals surface area contributed by atoms with Crippen molar-refractivity contribution in [2.75, 3.05) is 26.7 Å². The van der Waals surface area contributed by atoms with E-state index in [-0.39, 0.29) is 17.3 Å². The molecule has 5 rings (SSSR count). The first kappa shape index (κ1) is 18.9. The molecule has 1 spiro atoms. The molecule has 2 aliphatic heterocycles. The van der Waals surface area contributed by atoms with E-state index in [0.29, 0.717) is 25.3 Å². The molecule has 9 heteroatoms. The number of aromatic nitrogens is 5. The number of hydrogen-bond donors (Lipinski definition) is 0. The Kier molecular flexibility index (Phi) is 4.43. The molecule has 0 aliphatic carbocycles. The number of piperidine rings is 1. The molecule has 0 N–H and O–H groups in total. The van der Waals surface area contributed by atoms with Crippen LogP contribution in [0, 0.1) is 5.82 Å². The summed E-state index contributed by atoms with van der Waals surface area (Å²) in [7, 11) is 3.87. The minimum atomic E-state index is -0.270. The predicted molar refractivity (Wildman–Crippen MR) is 108 cm³/mol. The summed E-state index contributed by atoms with van der Waals surface area (Å²) in [5.41, 5.74) is 1.26. The van der Waals surface area contributed by atoms with Crippen LogP contribution in [0.4, 0.5) is 4.39 Å². The molecule has 0 atom stereocenters. The molecule has 8 nitrogen and oxygen atoms in total. The number of nitrogens with zero attached hydrogens (tertiary/aromatic N) is 7. The van der Waals surface area contributed by atoms with E-state index in [4.69, 9.17) is 0 Å². The molecule has 0 saturated carbocycles. The van der Waals surface area contributed by atoms with E-state index >= 15 is 0 Å². The summed E-state index contributed by atoms with van der Waals surface area (Å²) in [6, 6.07) is 8.16. The zero-order valence-electron chi connectivity index (χ0n) is 17.1. The van der Waals surface area contributed by atoms with Crippen LogP contribution in [0.5, 0.6) is 0 Å². The van der Waals surface area contributed by atoms with Crippen LogP contribution < -0.4 is 0 Å². The van der Waals surface area contributed by atoms with Gasteiger partial charge in [-0.05, 0) is 50.2 Å². The monoisotopic (exact) mass is 409 g/mol. The Morgan fingerprint density at radius 1 is 1.07 bits per heavy atom. The van der Waals surface area contributed by atoms with Crippen LogP contribution in [-0.4, -0.2) is 66.9 Å². The maximum atomic E-state index is 13.4. The van der Waals surface area contributed by atoms with E-state index in [9.17, 15) is 9.18 Å². The number of rotatable bonds is 2. The number of aryl methyl sites for hydroxylation is 1. The molecule has 3 aromatic rings. The Morgan fingerprint density at radius 2 is 1.80 bits per heavy atom. The molecule has 1 saturated heterocycles. The molecule has 4 heterocycles. The number of benzene rings is 1. The number of carbonyl (C=O) groups is 1. The lowest BCUT2D eigenvalue weighted by molar-refractivity contribution is 0.0403. The highest BCUT2D eigenvalue weighted by Crippen LogP contribution is 2.39. The summed E-state index contributed by atoms with van der Waals surface area (Å²) in [6.45, 7) is 2.88. The summed E-state index contributed by atoms with van der Waals surface area (Å²) in [5, 5.41) is 13.0. The van der Waals surface area contributed by atoms with Gasteiger partial charge in [-0.2, -0.15) is 5.10 Å². The van der Waals surface area contributed by atoms with Crippen molar-refractivity contribution in [3.8, 4) is 11.4 Å². The van der Waals surface area contributed by atoms with Crippen molar-refractivity contribution >= 4 is 5.91 Å².